The molecule has 0 saturated carbocycles. The summed E-state index contributed by atoms with van der Waals surface area (Å²) in [5.74, 6) is 0.0848. The molecule has 3 aromatic rings. The van der Waals surface area contributed by atoms with Crippen molar-refractivity contribution in [1.29, 1.82) is 0 Å². The fraction of sp³-hybridized carbons (Fsp3) is 0.231. The summed E-state index contributed by atoms with van der Waals surface area (Å²) in [4.78, 5) is 27.8. The molecule has 0 spiro atoms. The van der Waals surface area contributed by atoms with Crippen molar-refractivity contribution in [1.82, 2.24) is 10.2 Å². The fourth-order valence-corrected chi connectivity index (χ4v) is 4.54. The minimum absolute atomic E-state index is 0.157. The van der Waals surface area contributed by atoms with E-state index in [0.717, 1.165) is 16.7 Å². The quantitative estimate of drug-likeness (QED) is 0.435. The summed E-state index contributed by atoms with van der Waals surface area (Å²) in [6.07, 6.45) is 0.381. The van der Waals surface area contributed by atoms with Crippen LogP contribution in [-0.4, -0.2) is 35.6 Å². The molecule has 1 N–H and O–H groups in total. The Morgan fingerprint density at radius 1 is 0.970 bits per heavy atom. The summed E-state index contributed by atoms with van der Waals surface area (Å²) in [5.41, 5.74) is 2.73. The second-order valence-corrected chi connectivity index (χ2v) is 9.01. The first-order chi connectivity index (χ1) is 16.0. The van der Waals surface area contributed by atoms with Crippen LogP contribution in [0.4, 0.5) is 4.39 Å². The van der Waals surface area contributed by atoms with Crippen molar-refractivity contribution in [3.05, 3.63) is 106 Å². The van der Waals surface area contributed by atoms with Crippen LogP contribution < -0.4 is 5.32 Å². The first kappa shape index (κ1) is 24.8. The lowest BCUT2D eigenvalue weighted by atomic mass is 10.0. The molecule has 2 amide bonds. The normalized spacial score (nSPS) is 11.6. The van der Waals surface area contributed by atoms with E-state index in [1.54, 1.807) is 24.1 Å². The van der Waals surface area contributed by atoms with E-state index in [1.165, 1.54) is 23.9 Å². The molecule has 3 rings (SSSR count). The molecule has 0 unspecified atom stereocenters. The highest BCUT2D eigenvalue weighted by Crippen LogP contribution is 2.20. The lowest BCUT2D eigenvalue weighted by molar-refractivity contribution is -0.139. The first-order valence-electron chi connectivity index (χ1n) is 10.6. The van der Waals surface area contributed by atoms with Gasteiger partial charge in [0.2, 0.25) is 11.8 Å². The first-order valence-corrected chi connectivity index (χ1v) is 12.1. The number of thioether (sulfide) groups is 1. The molecule has 172 valence electrons. The number of rotatable bonds is 10. The zero-order chi connectivity index (χ0) is 23.6. The van der Waals surface area contributed by atoms with Gasteiger partial charge in [-0.05, 0) is 41.0 Å². The monoisotopic (exact) mass is 484 g/mol. The lowest BCUT2D eigenvalue weighted by Crippen LogP contribution is -2.50. The molecule has 0 saturated heterocycles. The van der Waals surface area contributed by atoms with Crippen LogP contribution in [0.5, 0.6) is 0 Å². The van der Waals surface area contributed by atoms with Crippen LogP contribution in [0.15, 0.2) is 78.9 Å². The molecular formula is C26H26ClFN2O2S. The molecule has 0 fully saturated rings. The number of nitrogens with zero attached hydrogens (tertiary/aromatic N) is 1. The Balaban J connectivity index is 1.80. The topological polar surface area (TPSA) is 49.4 Å². The van der Waals surface area contributed by atoms with Gasteiger partial charge in [-0.2, -0.15) is 0 Å². The number of hydrogen-bond donors (Lipinski definition) is 1. The third kappa shape index (κ3) is 7.62. The Morgan fingerprint density at radius 3 is 2.33 bits per heavy atom. The molecule has 7 heteroatoms. The number of nitrogens with one attached hydrogen (secondary N) is 1. The fourth-order valence-electron chi connectivity index (χ4n) is 3.47. The van der Waals surface area contributed by atoms with Gasteiger partial charge in [0.1, 0.15) is 11.9 Å². The standard InChI is InChI=1S/C26H26ClFN2O2S/c1-29-26(32)24(15-19-6-3-2-4-7-19)30(16-20-10-12-23(28)13-11-20)25(31)18-33-17-21-8-5-9-22(27)14-21/h2-14,24H,15-18H2,1H3,(H,29,32)/t24-/m1/s1. The molecule has 4 nitrogen and oxygen atoms in total. The third-order valence-corrected chi connectivity index (χ3v) is 6.39. The van der Waals surface area contributed by atoms with E-state index in [1.807, 2.05) is 54.6 Å². The number of likely N-dealkylation sites (N-methyl/N-ethyl adjacent to an activating group) is 1. The van der Waals surface area contributed by atoms with E-state index >= 15 is 0 Å². The molecular weight excluding hydrogens is 459 g/mol. The van der Waals surface area contributed by atoms with E-state index in [4.69, 9.17) is 11.6 Å². The van der Waals surface area contributed by atoms with Crippen molar-refractivity contribution < 1.29 is 14.0 Å². The van der Waals surface area contributed by atoms with Crippen LogP contribution in [-0.2, 0) is 28.3 Å². The molecule has 0 bridgehead atoms. The number of halogens is 2. The van der Waals surface area contributed by atoms with E-state index in [2.05, 4.69) is 5.32 Å². The smallest absolute Gasteiger partial charge is 0.242 e. The van der Waals surface area contributed by atoms with Crippen LogP contribution in [0.3, 0.4) is 0 Å². The maximum Gasteiger partial charge on any atom is 0.242 e. The Morgan fingerprint density at radius 2 is 1.67 bits per heavy atom. The Hall–Kier alpha value is -2.83. The zero-order valence-corrected chi connectivity index (χ0v) is 19.9. The molecule has 0 aliphatic heterocycles. The summed E-state index contributed by atoms with van der Waals surface area (Å²) in [7, 11) is 1.56. The van der Waals surface area contributed by atoms with Gasteiger partial charge < -0.3 is 10.2 Å². The molecule has 0 heterocycles. The van der Waals surface area contributed by atoms with Crippen molar-refractivity contribution in [3.8, 4) is 0 Å². The summed E-state index contributed by atoms with van der Waals surface area (Å²) in [5, 5.41) is 3.34. The van der Waals surface area contributed by atoms with Crippen molar-refractivity contribution in [3.63, 3.8) is 0 Å². The summed E-state index contributed by atoms with van der Waals surface area (Å²) >= 11 is 7.52. The zero-order valence-electron chi connectivity index (χ0n) is 18.3. The van der Waals surface area contributed by atoms with Gasteiger partial charge in [0, 0.05) is 30.8 Å². The average molecular weight is 485 g/mol. The maximum atomic E-state index is 13.4. The number of carbonyl (C=O) groups excluding carboxylic acids is 2. The molecule has 0 aliphatic carbocycles. The van der Waals surface area contributed by atoms with Crippen molar-refractivity contribution in [2.45, 2.75) is 24.8 Å². The molecule has 3 aromatic carbocycles. The van der Waals surface area contributed by atoms with Crippen LogP contribution in [0.25, 0.3) is 0 Å². The number of amides is 2. The predicted molar refractivity (Wildman–Crippen MR) is 133 cm³/mol. The van der Waals surface area contributed by atoms with Crippen LogP contribution in [0.1, 0.15) is 16.7 Å². The second-order valence-electron chi connectivity index (χ2n) is 7.59. The minimum atomic E-state index is -0.693. The molecule has 0 radical (unpaired) electrons. The number of benzene rings is 3. The molecule has 0 aromatic heterocycles. The van der Waals surface area contributed by atoms with Gasteiger partial charge in [0.25, 0.3) is 0 Å². The van der Waals surface area contributed by atoms with Gasteiger partial charge in [0.15, 0.2) is 0 Å². The average Bonchev–Trinajstić information content (AvgIpc) is 2.82. The van der Waals surface area contributed by atoms with Crippen LogP contribution in [0.2, 0.25) is 5.02 Å². The van der Waals surface area contributed by atoms with Gasteiger partial charge in [-0.25, -0.2) is 4.39 Å². The van der Waals surface area contributed by atoms with Gasteiger partial charge >= 0.3 is 0 Å². The van der Waals surface area contributed by atoms with Crippen LogP contribution in [0, 0.1) is 5.82 Å². The Kier molecular flexibility index (Phi) is 9.34. The van der Waals surface area contributed by atoms with Gasteiger partial charge in [-0.3, -0.25) is 9.59 Å². The summed E-state index contributed by atoms with van der Waals surface area (Å²) < 4.78 is 13.4. The second kappa shape index (κ2) is 12.4. The van der Waals surface area contributed by atoms with E-state index < -0.39 is 6.04 Å². The van der Waals surface area contributed by atoms with E-state index in [-0.39, 0.29) is 29.9 Å². The third-order valence-electron chi connectivity index (χ3n) is 5.17. The van der Waals surface area contributed by atoms with Crippen LogP contribution >= 0.6 is 23.4 Å². The molecule has 33 heavy (non-hydrogen) atoms. The Bertz CT molecular complexity index is 1060. The van der Waals surface area contributed by atoms with Gasteiger partial charge in [0.05, 0.1) is 5.75 Å². The SMILES string of the molecule is CNC(=O)[C@@H](Cc1ccccc1)N(Cc1ccc(F)cc1)C(=O)CSCc1cccc(Cl)c1. The summed E-state index contributed by atoms with van der Waals surface area (Å²) in [6, 6.07) is 22.4. The number of hydrogen-bond acceptors (Lipinski definition) is 3. The van der Waals surface area contributed by atoms with Crippen molar-refractivity contribution in [2.24, 2.45) is 0 Å². The molecule has 0 aliphatic rings. The predicted octanol–water partition coefficient (Wildman–Crippen LogP) is 5.10. The van der Waals surface area contributed by atoms with Gasteiger partial charge in [-0.1, -0.05) is 66.2 Å². The number of carbonyl (C=O) groups is 2. The van der Waals surface area contributed by atoms with Crippen molar-refractivity contribution >= 4 is 35.2 Å². The van der Waals surface area contributed by atoms with Gasteiger partial charge in [-0.15, -0.1) is 11.8 Å². The van der Waals surface area contributed by atoms with Crippen molar-refractivity contribution in [2.75, 3.05) is 12.8 Å². The lowest BCUT2D eigenvalue weighted by Gasteiger charge is -2.31. The minimum Gasteiger partial charge on any atom is -0.357 e. The maximum absolute atomic E-state index is 13.4. The largest absolute Gasteiger partial charge is 0.357 e. The van der Waals surface area contributed by atoms with E-state index in [0.29, 0.717) is 17.2 Å². The molecule has 1 atom stereocenters. The summed E-state index contributed by atoms with van der Waals surface area (Å²) in [6.45, 7) is 0.210. The highest BCUT2D eigenvalue weighted by molar-refractivity contribution is 7.99. The Labute approximate surface area is 203 Å². The van der Waals surface area contributed by atoms with E-state index in [9.17, 15) is 14.0 Å². The highest BCUT2D eigenvalue weighted by Gasteiger charge is 2.29. The highest BCUT2D eigenvalue weighted by atomic mass is 35.5.